The Kier molecular flexibility index (Phi) is 10.1. The molecule has 5 aliphatic rings. The Bertz CT molecular complexity index is 2540. The quantitative estimate of drug-likeness (QED) is 0.104. The van der Waals surface area contributed by atoms with E-state index >= 15 is 0 Å². The van der Waals surface area contributed by atoms with Gasteiger partial charge in [-0.15, -0.1) is 0 Å². The number of benzene rings is 3. The molecular weight excluding hydrogens is 785 g/mol. The van der Waals surface area contributed by atoms with Crippen LogP contribution in [-0.4, -0.2) is 92.6 Å². The number of alkyl carbamates (subject to hydrolysis) is 2. The first-order valence-corrected chi connectivity index (χ1v) is 22.1. The van der Waals surface area contributed by atoms with Crippen molar-refractivity contribution in [1.82, 2.24) is 40.4 Å². The number of carbonyl (C=O) groups is 4. The largest absolute Gasteiger partial charge is 0.453 e. The highest BCUT2D eigenvalue weighted by molar-refractivity contribution is 5.91. The molecule has 4 heterocycles. The first kappa shape index (κ1) is 39.9. The van der Waals surface area contributed by atoms with Gasteiger partial charge in [0.05, 0.1) is 50.1 Å². The van der Waals surface area contributed by atoms with E-state index in [1.54, 1.807) is 0 Å². The molecular formula is C48H54N8O6. The summed E-state index contributed by atoms with van der Waals surface area (Å²) in [6, 6.07) is 19.9. The molecule has 3 aliphatic carbocycles. The minimum absolute atomic E-state index is 0.0280. The van der Waals surface area contributed by atoms with Crippen molar-refractivity contribution in [2.24, 2.45) is 23.2 Å². The SMILES string of the molecule is COC(=O)NC(C(=O)N1[C@@H]2CC[C@@H](C2)[C@H]1c1ncc(-c2ccc3cc(-c4ccc(-c5cnc([C@@H]6CC7(CC7)CN6C(=O)[C@@H](NC(=O)OC)C(C)C)[nH]5)cc4)ccc3c2)[nH]1)C1CC1. The Morgan fingerprint density at radius 3 is 2.03 bits per heavy atom. The molecule has 14 nitrogen and oxygen atoms in total. The van der Waals surface area contributed by atoms with Crippen molar-refractivity contribution >= 4 is 34.8 Å². The summed E-state index contributed by atoms with van der Waals surface area (Å²) in [4.78, 5) is 72.9. The molecule has 5 fully saturated rings. The summed E-state index contributed by atoms with van der Waals surface area (Å²) in [6.07, 6.45) is 10.4. The minimum Gasteiger partial charge on any atom is -0.453 e. The molecule has 6 atom stereocenters. The summed E-state index contributed by atoms with van der Waals surface area (Å²) in [5, 5.41) is 7.81. The van der Waals surface area contributed by atoms with Gasteiger partial charge < -0.3 is 39.9 Å². The molecule has 10 rings (SSSR count). The van der Waals surface area contributed by atoms with Gasteiger partial charge in [-0.3, -0.25) is 9.59 Å². The fraction of sp³-hybridized carbons (Fsp3) is 0.458. The number of amides is 4. The van der Waals surface area contributed by atoms with E-state index in [4.69, 9.17) is 19.4 Å². The van der Waals surface area contributed by atoms with Gasteiger partial charge in [0.1, 0.15) is 23.7 Å². The third-order valence-electron chi connectivity index (χ3n) is 14.3. The molecule has 3 saturated carbocycles. The number of nitrogens with one attached hydrogen (secondary N) is 4. The Morgan fingerprint density at radius 2 is 1.35 bits per heavy atom. The number of imidazole rings is 2. The van der Waals surface area contributed by atoms with Crippen LogP contribution in [0.1, 0.15) is 88.9 Å². The molecule has 4 N–H and O–H groups in total. The van der Waals surface area contributed by atoms with Crippen LogP contribution < -0.4 is 10.6 Å². The summed E-state index contributed by atoms with van der Waals surface area (Å²) in [5.41, 5.74) is 6.13. The van der Waals surface area contributed by atoms with Gasteiger partial charge in [-0.25, -0.2) is 19.6 Å². The summed E-state index contributed by atoms with van der Waals surface area (Å²) in [7, 11) is 2.64. The highest BCUT2D eigenvalue weighted by Crippen LogP contribution is 2.58. The number of rotatable bonds is 11. The van der Waals surface area contributed by atoms with Gasteiger partial charge in [-0.05, 0) is 114 Å². The standard InChI is InChI=1S/C48H54N8O6/c1-26(2)39(53-46(59)61-3)44(57)55-25-48(17-18-48)22-38(55)42-49-23-36(51-42)28-7-5-27(6-8-28)30-11-12-32-20-33(14-13-31(32)19-30)37-24-50-43(52-37)41-34-15-16-35(21-34)56(41)45(58)40(29-9-10-29)54-47(60)62-4/h5-8,11-14,19-20,23-24,26,29,34-35,38-41H,9-10,15-18,21-22,25H2,1-4H3,(H,49,51)(H,50,52)(H,53,59)(H,54,60)/t34-,35+,38-,39-,40?,41-/m0/s1. The fourth-order valence-corrected chi connectivity index (χ4v) is 10.5. The Morgan fingerprint density at radius 1 is 0.742 bits per heavy atom. The van der Waals surface area contributed by atoms with Crippen molar-refractivity contribution < 1.29 is 28.7 Å². The van der Waals surface area contributed by atoms with Gasteiger partial charge in [0.25, 0.3) is 0 Å². The van der Waals surface area contributed by atoms with Crippen LogP contribution in [0.15, 0.2) is 73.1 Å². The predicted molar refractivity (Wildman–Crippen MR) is 232 cm³/mol. The number of aromatic nitrogens is 4. The summed E-state index contributed by atoms with van der Waals surface area (Å²) < 4.78 is 9.68. The number of hydrogen-bond donors (Lipinski definition) is 4. The normalized spacial score (nSPS) is 23.2. The van der Waals surface area contributed by atoms with Crippen LogP contribution in [0, 0.1) is 23.2 Å². The van der Waals surface area contributed by atoms with E-state index in [1.165, 1.54) is 14.2 Å². The molecule has 2 aliphatic heterocycles. The van der Waals surface area contributed by atoms with Gasteiger partial charge in [-0.2, -0.15) is 0 Å². The molecule has 4 amide bonds. The maximum Gasteiger partial charge on any atom is 0.407 e. The third-order valence-corrected chi connectivity index (χ3v) is 14.3. The lowest BCUT2D eigenvalue weighted by Crippen LogP contribution is -2.52. The lowest BCUT2D eigenvalue weighted by atomic mass is 9.96. The summed E-state index contributed by atoms with van der Waals surface area (Å²) >= 11 is 0. The second-order valence-electron chi connectivity index (χ2n) is 18.6. The number of carbonyl (C=O) groups excluding carboxylic acids is 4. The second kappa shape index (κ2) is 15.6. The maximum absolute atomic E-state index is 14.0. The number of ether oxygens (including phenoxy) is 2. The third kappa shape index (κ3) is 7.36. The van der Waals surface area contributed by atoms with Gasteiger partial charge in [0.2, 0.25) is 11.8 Å². The number of piperidine rings is 1. The van der Waals surface area contributed by atoms with Crippen molar-refractivity contribution in [2.45, 2.75) is 95.4 Å². The van der Waals surface area contributed by atoms with E-state index in [1.807, 2.05) is 36.0 Å². The maximum atomic E-state index is 14.0. The molecule has 2 bridgehead atoms. The van der Waals surface area contributed by atoms with E-state index < -0.39 is 24.3 Å². The number of nitrogens with zero attached hydrogens (tertiary/aromatic N) is 4. The number of aromatic amines is 2. The lowest BCUT2D eigenvalue weighted by molar-refractivity contribution is -0.138. The minimum atomic E-state index is -0.684. The van der Waals surface area contributed by atoms with E-state index in [2.05, 4.69) is 81.3 Å². The molecule has 1 unspecified atom stereocenters. The molecule has 322 valence electrons. The Hall–Kier alpha value is -6.18. The van der Waals surface area contributed by atoms with Gasteiger partial charge >= 0.3 is 12.2 Å². The Labute approximate surface area is 360 Å². The van der Waals surface area contributed by atoms with Crippen molar-refractivity contribution in [3.05, 3.63) is 84.7 Å². The summed E-state index contributed by atoms with van der Waals surface area (Å²) in [6.45, 7) is 4.52. The zero-order chi connectivity index (χ0) is 42.9. The molecule has 0 radical (unpaired) electrons. The zero-order valence-corrected chi connectivity index (χ0v) is 35.6. The molecule has 5 aromatic rings. The molecule has 3 aromatic carbocycles. The van der Waals surface area contributed by atoms with Gasteiger partial charge in [-0.1, -0.05) is 62.4 Å². The number of fused-ring (bicyclic) bond motifs is 3. The smallest absolute Gasteiger partial charge is 0.407 e. The van der Waals surface area contributed by atoms with E-state index in [0.29, 0.717) is 12.5 Å². The van der Waals surface area contributed by atoms with Gasteiger partial charge in [0, 0.05) is 18.2 Å². The van der Waals surface area contributed by atoms with Crippen LogP contribution in [0.5, 0.6) is 0 Å². The van der Waals surface area contributed by atoms with E-state index in [-0.39, 0.29) is 47.2 Å². The first-order valence-electron chi connectivity index (χ1n) is 22.1. The molecule has 2 saturated heterocycles. The molecule has 2 aromatic heterocycles. The number of methoxy groups -OCH3 is 2. The van der Waals surface area contributed by atoms with E-state index in [0.717, 1.165) is 107 Å². The highest BCUT2D eigenvalue weighted by Gasteiger charge is 2.56. The average molecular weight is 839 g/mol. The van der Waals surface area contributed by atoms with Crippen molar-refractivity contribution in [1.29, 1.82) is 0 Å². The zero-order valence-electron chi connectivity index (χ0n) is 35.6. The van der Waals surface area contributed by atoms with Crippen molar-refractivity contribution in [2.75, 3.05) is 20.8 Å². The van der Waals surface area contributed by atoms with Crippen LogP contribution in [0.25, 0.3) is 44.4 Å². The molecule has 14 heteroatoms. The highest BCUT2D eigenvalue weighted by atomic mass is 16.5. The first-order chi connectivity index (χ1) is 30.0. The lowest BCUT2D eigenvalue weighted by Gasteiger charge is -2.36. The monoisotopic (exact) mass is 838 g/mol. The molecule has 62 heavy (non-hydrogen) atoms. The van der Waals surface area contributed by atoms with E-state index in [9.17, 15) is 19.2 Å². The summed E-state index contributed by atoms with van der Waals surface area (Å²) in [5.74, 6) is 1.80. The van der Waals surface area contributed by atoms with Crippen molar-refractivity contribution in [3.8, 4) is 33.6 Å². The molecule has 1 spiro atoms. The average Bonchev–Trinajstić information content (AvgIpc) is 3.84. The van der Waals surface area contributed by atoms with Crippen LogP contribution in [-0.2, 0) is 19.1 Å². The number of likely N-dealkylation sites (tertiary alicyclic amines) is 2. The number of H-pyrrole nitrogens is 2. The van der Waals surface area contributed by atoms with Crippen molar-refractivity contribution in [3.63, 3.8) is 0 Å². The van der Waals surface area contributed by atoms with Crippen LogP contribution in [0.2, 0.25) is 0 Å². The number of hydrogen-bond acceptors (Lipinski definition) is 8. The Balaban J connectivity index is 0.832. The van der Waals surface area contributed by atoms with Gasteiger partial charge in [0.15, 0.2) is 0 Å². The van der Waals surface area contributed by atoms with Crippen LogP contribution in [0.3, 0.4) is 0 Å². The second-order valence-corrected chi connectivity index (χ2v) is 18.6. The fourth-order valence-electron chi connectivity index (χ4n) is 10.5. The van der Waals surface area contributed by atoms with Crippen LogP contribution in [0.4, 0.5) is 9.59 Å². The van der Waals surface area contributed by atoms with Crippen LogP contribution >= 0.6 is 0 Å². The topological polar surface area (TPSA) is 175 Å². The predicted octanol–water partition coefficient (Wildman–Crippen LogP) is 7.91.